The van der Waals surface area contributed by atoms with Gasteiger partial charge in [-0.25, -0.2) is 0 Å². The predicted octanol–water partition coefficient (Wildman–Crippen LogP) is 1.96. The zero-order chi connectivity index (χ0) is 8.91. The molecule has 0 saturated carbocycles. The van der Waals surface area contributed by atoms with Gasteiger partial charge in [-0.1, -0.05) is 0 Å². The second kappa shape index (κ2) is 6.70. The first-order chi connectivity index (χ1) is 4.95. The summed E-state index contributed by atoms with van der Waals surface area (Å²) in [5.74, 6) is 0. The quantitative estimate of drug-likeness (QED) is 0.703. The Hall–Kier alpha value is 0.210. The Kier molecular flexibility index (Phi) is 8.21. The summed E-state index contributed by atoms with van der Waals surface area (Å²) in [7, 11) is 1.97. The van der Waals surface area contributed by atoms with Crippen LogP contribution in [0.15, 0.2) is 0 Å². The van der Waals surface area contributed by atoms with E-state index >= 15 is 0 Å². The van der Waals surface area contributed by atoms with E-state index in [0.717, 1.165) is 19.3 Å². The number of aliphatic hydroxyl groups is 1. The Morgan fingerprint density at radius 1 is 1.42 bits per heavy atom. The van der Waals surface area contributed by atoms with Crippen molar-refractivity contribution in [3.8, 4) is 0 Å². The number of nitrogens with one attached hydrogen (secondary N) is 1. The lowest BCUT2D eigenvalue weighted by Crippen LogP contribution is -2.23. The molecule has 12 heavy (non-hydrogen) atoms. The van der Waals surface area contributed by atoms with Crippen LogP contribution >= 0.6 is 12.4 Å². The Balaban J connectivity index is 0. The Bertz CT molecular complexity index is 101. The molecule has 0 aliphatic heterocycles. The Morgan fingerprint density at radius 2 is 1.92 bits per heavy atom. The van der Waals surface area contributed by atoms with Gasteiger partial charge in [0.1, 0.15) is 0 Å². The molecule has 76 valence electrons. The van der Waals surface area contributed by atoms with Crippen LogP contribution in [0.4, 0.5) is 0 Å². The summed E-state index contributed by atoms with van der Waals surface area (Å²) in [6, 6.07) is 0.567. The summed E-state index contributed by atoms with van der Waals surface area (Å²) in [5.41, 5.74) is -0.493. The first-order valence-corrected chi connectivity index (χ1v) is 4.35. The molecule has 0 rings (SSSR count). The van der Waals surface area contributed by atoms with E-state index in [2.05, 4.69) is 12.2 Å². The molecule has 0 bridgehead atoms. The molecule has 2 N–H and O–H groups in total. The summed E-state index contributed by atoms with van der Waals surface area (Å²) in [4.78, 5) is 0. The molecule has 0 aliphatic rings. The Labute approximate surface area is 82.2 Å². The molecular weight excluding hydrogens is 174 g/mol. The maximum Gasteiger partial charge on any atom is 0.0591 e. The molecule has 0 amide bonds. The van der Waals surface area contributed by atoms with Crippen molar-refractivity contribution in [1.82, 2.24) is 5.32 Å². The summed E-state index contributed by atoms with van der Waals surface area (Å²) in [6.07, 6.45) is 3.12. The van der Waals surface area contributed by atoms with Crippen molar-refractivity contribution in [3.63, 3.8) is 0 Å². The van der Waals surface area contributed by atoms with E-state index in [-0.39, 0.29) is 12.4 Å². The van der Waals surface area contributed by atoms with Crippen molar-refractivity contribution in [2.75, 3.05) is 7.05 Å². The first-order valence-electron chi connectivity index (χ1n) is 4.35. The second-order valence-corrected chi connectivity index (χ2v) is 3.89. The van der Waals surface area contributed by atoms with Gasteiger partial charge in [0, 0.05) is 6.04 Å². The third kappa shape index (κ3) is 10.2. The maximum absolute atomic E-state index is 9.38. The minimum absolute atomic E-state index is 0. The molecule has 0 radical (unpaired) electrons. The van der Waals surface area contributed by atoms with Crippen molar-refractivity contribution >= 4 is 12.4 Å². The van der Waals surface area contributed by atoms with Gasteiger partial charge in [0.25, 0.3) is 0 Å². The van der Waals surface area contributed by atoms with Crippen LogP contribution in [0.5, 0.6) is 0 Å². The minimum atomic E-state index is -0.493. The van der Waals surface area contributed by atoms with Gasteiger partial charge in [0.15, 0.2) is 0 Å². The lowest BCUT2D eigenvalue weighted by atomic mass is 10.00. The standard InChI is InChI=1S/C9H21NO.ClH/c1-8(10-4)6-5-7-9(2,3)11;/h8,10-11H,5-7H2,1-4H3;1H. The smallest absolute Gasteiger partial charge is 0.0591 e. The molecule has 3 heteroatoms. The summed E-state index contributed by atoms with van der Waals surface area (Å²) in [5, 5.41) is 12.6. The van der Waals surface area contributed by atoms with E-state index < -0.39 is 5.60 Å². The molecule has 0 fully saturated rings. The maximum atomic E-state index is 9.38. The van der Waals surface area contributed by atoms with Crippen molar-refractivity contribution in [2.45, 2.75) is 51.7 Å². The largest absolute Gasteiger partial charge is 0.390 e. The molecule has 1 unspecified atom stereocenters. The van der Waals surface area contributed by atoms with E-state index in [1.54, 1.807) is 0 Å². The number of hydrogen-bond donors (Lipinski definition) is 2. The van der Waals surface area contributed by atoms with Crippen LogP contribution in [0.2, 0.25) is 0 Å². The van der Waals surface area contributed by atoms with Gasteiger partial charge in [-0.2, -0.15) is 0 Å². The number of rotatable bonds is 5. The highest BCUT2D eigenvalue weighted by Gasteiger charge is 2.11. The van der Waals surface area contributed by atoms with Gasteiger partial charge in [-0.05, 0) is 47.1 Å². The summed E-state index contributed by atoms with van der Waals surface area (Å²) < 4.78 is 0. The highest BCUT2D eigenvalue weighted by molar-refractivity contribution is 5.85. The third-order valence-corrected chi connectivity index (χ3v) is 1.92. The van der Waals surface area contributed by atoms with Gasteiger partial charge in [-0.15, -0.1) is 12.4 Å². The van der Waals surface area contributed by atoms with Crippen molar-refractivity contribution < 1.29 is 5.11 Å². The average molecular weight is 196 g/mol. The Morgan fingerprint density at radius 3 is 2.25 bits per heavy atom. The average Bonchev–Trinajstić information content (AvgIpc) is 1.85. The normalized spacial score (nSPS) is 13.8. The summed E-state index contributed by atoms with van der Waals surface area (Å²) in [6.45, 7) is 5.87. The van der Waals surface area contributed by atoms with Crippen LogP contribution < -0.4 is 5.32 Å². The fourth-order valence-corrected chi connectivity index (χ4v) is 0.985. The molecule has 2 nitrogen and oxygen atoms in total. The van der Waals surface area contributed by atoms with Crippen LogP contribution in [0.1, 0.15) is 40.0 Å². The predicted molar refractivity (Wildman–Crippen MR) is 55.9 cm³/mol. The molecule has 0 spiro atoms. The van der Waals surface area contributed by atoms with Crippen LogP contribution in [-0.4, -0.2) is 23.8 Å². The van der Waals surface area contributed by atoms with Crippen molar-refractivity contribution in [2.24, 2.45) is 0 Å². The number of hydrogen-bond acceptors (Lipinski definition) is 2. The minimum Gasteiger partial charge on any atom is -0.390 e. The van der Waals surface area contributed by atoms with Crippen molar-refractivity contribution in [1.29, 1.82) is 0 Å². The zero-order valence-electron chi connectivity index (χ0n) is 8.55. The van der Waals surface area contributed by atoms with E-state index in [1.807, 2.05) is 20.9 Å². The highest BCUT2D eigenvalue weighted by atomic mass is 35.5. The fourth-order valence-electron chi connectivity index (χ4n) is 0.985. The third-order valence-electron chi connectivity index (χ3n) is 1.92. The van der Waals surface area contributed by atoms with Gasteiger partial charge < -0.3 is 10.4 Å². The van der Waals surface area contributed by atoms with Gasteiger partial charge in [-0.3, -0.25) is 0 Å². The summed E-state index contributed by atoms with van der Waals surface area (Å²) >= 11 is 0. The van der Waals surface area contributed by atoms with E-state index in [9.17, 15) is 5.11 Å². The zero-order valence-corrected chi connectivity index (χ0v) is 9.37. The molecule has 0 aromatic rings. The molecule has 0 aliphatic carbocycles. The monoisotopic (exact) mass is 195 g/mol. The lowest BCUT2D eigenvalue weighted by Gasteiger charge is -2.18. The van der Waals surface area contributed by atoms with Gasteiger partial charge in [0.2, 0.25) is 0 Å². The van der Waals surface area contributed by atoms with Crippen molar-refractivity contribution in [3.05, 3.63) is 0 Å². The van der Waals surface area contributed by atoms with Crippen LogP contribution in [0, 0.1) is 0 Å². The highest BCUT2D eigenvalue weighted by Crippen LogP contribution is 2.12. The second-order valence-electron chi connectivity index (χ2n) is 3.89. The number of halogens is 1. The molecule has 0 aromatic heterocycles. The molecule has 0 heterocycles. The van der Waals surface area contributed by atoms with E-state index in [0.29, 0.717) is 6.04 Å². The van der Waals surface area contributed by atoms with Gasteiger partial charge in [0.05, 0.1) is 5.60 Å². The lowest BCUT2D eigenvalue weighted by molar-refractivity contribution is 0.0676. The van der Waals surface area contributed by atoms with E-state index in [1.165, 1.54) is 0 Å². The van der Waals surface area contributed by atoms with E-state index in [4.69, 9.17) is 0 Å². The van der Waals surface area contributed by atoms with Gasteiger partial charge >= 0.3 is 0 Å². The fraction of sp³-hybridized carbons (Fsp3) is 1.00. The van der Waals surface area contributed by atoms with Crippen LogP contribution in [0.25, 0.3) is 0 Å². The molecule has 0 aromatic carbocycles. The SMILES string of the molecule is CNC(C)CCCC(C)(C)O.Cl. The topological polar surface area (TPSA) is 32.3 Å². The van der Waals surface area contributed by atoms with Crippen LogP contribution in [-0.2, 0) is 0 Å². The molecule has 0 saturated heterocycles. The first kappa shape index (κ1) is 14.7. The molecule has 1 atom stereocenters. The van der Waals surface area contributed by atoms with Crippen LogP contribution in [0.3, 0.4) is 0 Å². The molecular formula is C9H22ClNO.